The van der Waals surface area contributed by atoms with Gasteiger partial charge in [-0.15, -0.1) is 24.0 Å². The standard InChI is InChI=1S/C20H25NO4.HI/c1-22-17-6-5-13(10-18(17)23-2)9-16-15-12-20(25-4)19(24-3)11-14(15)7-8-21-16;/h5-6,10-12,16,21H,7-9H2,1-4H3;1H. The van der Waals surface area contributed by atoms with Crippen molar-refractivity contribution in [3.05, 3.63) is 47.0 Å². The molecule has 0 aliphatic carbocycles. The first-order valence-corrected chi connectivity index (χ1v) is 8.39. The van der Waals surface area contributed by atoms with Gasteiger partial charge in [-0.05, 0) is 60.3 Å². The third kappa shape index (κ3) is 4.17. The Balaban J connectivity index is 0.00000243. The number of fused-ring (bicyclic) bond motifs is 1. The summed E-state index contributed by atoms with van der Waals surface area (Å²) in [5.74, 6) is 3.05. The lowest BCUT2D eigenvalue weighted by atomic mass is 9.89. The van der Waals surface area contributed by atoms with Crippen molar-refractivity contribution in [3.63, 3.8) is 0 Å². The maximum Gasteiger partial charge on any atom is 0.161 e. The zero-order valence-electron chi connectivity index (χ0n) is 15.6. The van der Waals surface area contributed by atoms with Gasteiger partial charge in [0.15, 0.2) is 23.0 Å². The first-order chi connectivity index (χ1) is 12.2. The van der Waals surface area contributed by atoms with Gasteiger partial charge in [0.1, 0.15) is 0 Å². The second-order valence-electron chi connectivity index (χ2n) is 6.06. The monoisotopic (exact) mass is 471 g/mol. The van der Waals surface area contributed by atoms with Crippen molar-refractivity contribution in [1.82, 2.24) is 5.32 Å². The zero-order valence-corrected chi connectivity index (χ0v) is 18.0. The molecule has 2 aromatic rings. The van der Waals surface area contributed by atoms with Crippen LogP contribution >= 0.6 is 24.0 Å². The Morgan fingerprint density at radius 3 is 2.12 bits per heavy atom. The third-order valence-electron chi connectivity index (χ3n) is 4.69. The highest BCUT2D eigenvalue weighted by molar-refractivity contribution is 14.0. The van der Waals surface area contributed by atoms with Crippen molar-refractivity contribution in [2.24, 2.45) is 0 Å². The molecule has 0 aromatic heterocycles. The van der Waals surface area contributed by atoms with Crippen LogP contribution in [0.5, 0.6) is 23.0 Å². The Labute approximate surface area is 172 Å². The highest BCUT2D eigenvalue weighted by Crippen LogP contribution is 2.37. The molecule has 1 heterocycles. The van der Waals surface area contributed by atoms with Gasteiger partial charge >= 0.3 is 0 Å². The number of rotatable bonds is 6. The van der Waals surface area contributed by atoms with Gasteiger partial charge in [0.2, 0.25) is 0 Å². The lowest BCUT2D eigenvalue weighted by Gasteiger charge is -2.28. The number of methoxy groups -OCH3 is 4. The van der Waals surface area contributed by atoms with Gasteiger partial charge in [0, 0.05) is 6.04 Å². The van der Waals surface area contributed by atoms with E-state index in [0.29, 0.717) is 0 Å². The van der Waals surface area contributed by atoms with Crippen LogP contribution in [0.25, 0.3) is 0 Å². The largest absolute Gasteiger partial charge is 0.493 e. The molecular formula is C20H26INO4. The van der Waals surface area contributed by atoms with E-state index < -0.39 is 0 Å². The number of hydrogen-bond donors (Lipinski definition) is 1. The first-order valence-electron chi connectivity index (χ1n) is 8.39. The van der Waals surface area contributed by atoms with Crippen LogP contribution in [0.4, 0.5) is 0 Å². The SMILES string of the molecule is COc1ccc(CC2NCCc3cc(OC)c(OC)cc32)cc1OC.I. The average Bonchev–Trinajstić information content (AvgIpc) is 2.66. The molecule has 1 aliphatic heterocycles. The van der Waals surface area contributed by atoms with E-state index in [-0.39, 0.29) is 30.0 Å². The van der Waals surface area contributed by atoms with Crippen molar-refractivity contribution < 1.29 is 18.9 Å². The Bertz CT molecular complexity index is 751. The van der Waals surface area contributed by atoms with Gasteiger partial charge in [-0.2, -0.15) is 0 Å². The van der Waals surface area contributed by atoms with E-state index in [1.807, 2.05) is 12.1 Å². The van der Waals surface area contributed by atoms with Crippen LogP contribution in [0.2, 0.25) is 0 Å². The number of hydrogen-bond acceptors (Lipinski definition) is 5. The zero-order chi connectivity index (χ0) is 17.8. The normalized spacial score (nSPS) is 15.5. The summed E-state index contributed by atoms with van der Waals surface area (Å²) >= 11 is 0. The number of ether oxygens (including phenoxy) is 4. The highest BCUT2D eigenvalue weighted by Gasteiger charge is 2.23. The van der Waals surface area contributed by atoms with Crippen LogP contribution in [0.1, 0.15) is 22.7 Å². The predicted octanol–water partition coefficient (Wildman–Crippen LogP) is 3.77. The summed E-state index contributed by atoms with van der Waals surface area (Å²) in [6.07, 6.45) is 1.85. The fraction of sp³-hybridized carbons (Fsp3) is 0.400. The minimum absolute atomic E-state index is 0. The van der Waals surface area contributed by atoms with Gasteiger partial charge in [0.05, 0.1) is 28.4 Å². The van der Waals surface area contributed by atoms with E-state index in [1.54, 1.807) is 28.4 Å². The van der Waals surface area contributed by atoms with Crippen molar-refractivity contribution in [3.8, 4) is 23.0 Å². The van der Waals surface area contributed by atoms with Crippen molar-refractivity contribution in [1.29, 1.82) is 0 Å². The topological polar surface area (TPSA) is 49.0 Å². The molecule has 0 spiro atoms. The highest BCUT2D eigenvalue weighted by atomic mass is 127. The molecule has 1 N–H and O–H groups in total. The molecule has 5 nitrogen and oxygen atoms in total. The van der Waals surface area contributed by atoms with Gasteiger partial charge in [-0.25, -0.2) is 0 Å². The van der Waals surface area contributed by atoms with E-state index in [9.17, 15) is 0 Å². The number of halogens is 1. The molecule has 6 heteroatoms. The molecule has 142 valence electrons. The summed E-state index contributed by atoms with van der Waals surface area (Å²) in [5.41, 5.74) is 3.76. The lowest BCUT2D eigenvalue weighted by molar-refractivity contribution is 0.351. The molecule has 26 heavy (non-hydrogen) atoms. The molecule has 1 unspecified atom stereocenters. The Kier molecular flexibility index (Phi) is 7.40. The van der Waals surface area contributed by atoms with E-state index >= 15 is 0 Å². The van der Waals surface area contributed by atoms with E-state index in [1.165, 1.54) is 16.7 Å². The fourth-order valence-electron chi connectivity index (χ4n) is 3.39. The average molecular weight is 471 g/mol. The van der Waals surface area contributed by atoms with Crippen LogP contribution in [0, 0.1) is 0 Å². The smallest absolute Gasteiger partial charge is 0.161 e. The molecule has 0 amide bonds. The van der Waals surface area contributed by atoms with Gasteiger partial charge in [-0.3, -0.25) is 0 Å². The second-order valence-corrected chi connectivity index (χ2v) is 6.06. The first kappa shape index (κ1) is 20.6. The maximum atomic E-state index is 5.48. The van der Waals surface area contributed by atoms with Crippen molar-refractivity contribution >= 4 is 24.0 Å². The molecule has 0 saturated carbocycles. The summed E-state index contributed by atoms with van der Waals surface area (Å²) in [4.78, 5) is 0. The van der Waals surface area contributed by atoms with Crippen LogP contribution < -0.4 is 24.3 Å². The molecule has 0 fully saturated rings. The second kappa shape index (κ2) is 9.32. The van der Waals surface area contributed by atoms with Crippen LogP contribution in [-0.2, 0) is 12.8 Å². The van der Waals surface area contributed by atoms with E-state index in [2.05, 4.69) is 23.5 Å². The molecule has 1 atom stereocenters. The van der Waals surface area contributed by atoms with Gasteiger partial charge in [-0.1, -0.05) is 6.07 Å². The van der Waals surface area contributed by atoms with Crippen molar-refractivity contribution in [2.75, 3.05) is 35.0 Å². The minimum atomic E-state index is 0. The van der Waals surface area contributed by atoms with Gasteiger partial charge < -0.3 is 24.3 Å². The van der Waals surface area contributed by atoms with Crippen LogP contribution in [0.15, 0.2) is 30.3 Å². The molecule has 0 radical (unpaired) electrons. The van der Waals surface area contributed by atoms with E-state index in [0.717, 1.165) is 42.4 Å². The van der Waals surface area contributed by atoms with Crippen LogP contribution in [0.3, 0.4) is 0 Å². The molecule has 0 saturated heterocycles. The Morgan fingerprint density at radius 1 is 0.846 bits per heavy atom. The molecule has 3 rings (SSSR count). The Hall–Kier alpha value is -1.67. The van der Waals surface area contributed by atoms with Crippen molar-refractivity contribution in [2.45, 2.75) is 18.9 Å². The molecule has 2 aromatic carbocycles. The summed E-state index contributed by atoms with van der Waals surface area (Å²) in [5, 5.41) is 3.61. The summed E-state index contributed by atoms with van der Waals surface area (Å²) in [6, 6.07) is 10.5. The maximum absolute atomic E-state index is 5.48. The van der Waals surface area contributed by atoms with Crippen LogP contribution in [-0.4, -0.2) is 35.0 Å². The number of nitrogens with one attached hydrogen (secondary N) is 1. The molecule has 0 bridgehead atoms. The summed E-state index contributed by atoms with van der Waals surface area (Å²) < 4.78 is 21.7. The quantitative estimate of drug-likeness (QED) is 0.651. The predicted molar refractivity (Wildman–Crippen MR) is 113 cm³/mol. The molecular weight excluding hydrogens is 445 g/mol. The molecule has 1 aliphatic rings. The summed E-state index contributed by atoms with van der Waals surface area (Å²) in [7, 11) is 6.65. The van der Waals surface area contributed by atoms with E-state index in [4.69, 9.17) is 18.9 Å². The van der Waals surface area contributed by atoms with Gasteiger partial charge in [0.25, 0.3) is 0 Å². The number of benzene rings is 2. The lowest BCUT2D eigenvalue weighted by Crippen LogP contribution is -2.31. The third-order valence-corrected chi connectivity index (χ3v) is 4.69. The minimum Gasteiger partial charge on any atom is -0.493 e. The fourth-order valence-corrected chi connectivity index (χ4v) is 3.39. The Morgan fingerprint density at radius 2 is 1.46 bits per heavy atom. The summed E-state index contributed by atoms with van der Waals surface area (Å²) in [6.45, 7) is 0.945.